The predicted octanol–water partition coefficient (Wildman–Crippen LogP) is 4.21. The molecular formula is C21H28F2N4O. The van der Waals surface area contributed by atoms with Gasteiger partial charge in [0.1, 0.15) is 0 Å². The average molecular weight is 390 g/mol. The molecule has 1 N–H and O–H groups in total. The van der Waals surface area contributed by atoms with Crippen molar-refractivity contribution in [2.24, 2.45) is 4.99 Å². The molecule has 0 aromatic heterocycles. The van der Waals surface area contributed by atoms with Crippen molar-refractivity contribution >= 4 is 17.9 Å². The highest BCUT2D eigenvalue weighted by Gasteiger charge is 2.24. The number of nitrogens with zero attached hydrogens (tertiary/aromatic N) is 3. The Morgan fingerprint density at radius 3 is 2.36 bits per heavy atom. The summed E-state index contributed by atoms with van der Waals surface area (Å²) >= 11 is 0. The highest BCUT2D eigenvalue weighted by Crippen LogP contribution is 2.28. The normalized spacial score (nSPS) is 16.6. The van der Waals surface area contributed by atoms with Gasteiger partial charge < -0.3 is 15.1 Å². The molecule has 152 valence electrons. The van der Waals surface area contributed by atoms with Gasteiger partial charge >= 0.3 is 0 Å². The molecule has 0 unspecified atom stereocenters. The number of hydrogen-bond donors (Lipinski definition) is 1. The lowest BCUT2D eigenvalue weighted by Gasteiger charge is -2.35. The second-order valence-electron chi connectivity index (χ2n) is 6.68. The van der Waals surface area contributed by atoms with Crippen molar-refractivity contribution in [1.29, 1.82) is 0 Å². The summed E-state index contributed by atoms with van der Waals surface area (Å²) < 4.78 is 26.9. The van der Waals surface area contributed by atoms with Crippen LogP contribution in [0.3, 0.4) is 0 Å². The predicted molar refractivity (Wildman–Crippen MR) is 109 cm³/mol. The summed E-state index contributed by atoms with van der Waals surface area (Å²) in [6.45, 7) is 7.44. The van der Waals surface area contributed by atoms with E-state index in [1.54, 1.807) is 23.2 Å². The summed E-state index contributed by atoms with van der Waals surface area (Å²) in [5.74, 6) is -2.09. The molecule has 1 heterocycles. The number of anilines is 1. The van der Waals surface area contributed by atoms with E-state index in [0.717, 1.165) is 31.3 Å². The molecule has 1 fully saturated rings. The third-order valence-electron chi connectivity index (χ3n) is 4.43. The van der Waals surface area contributed by atoms with Gasteiger partial charge in [-0.05, 0) is 25.5 Å². The molecule has 0 spiro atoms. The fourth-order valence-electron chi connectivity index (χ4n) is 2.91. The van der Waals surface area contributed by atoms with Crippen LogP contribution in [0, 0.1) is 0 Å². The third kappa shape index (κ3) is 5.90. The Kier molecular flexibility index (Phi) is 7.72. The monoisotopic (exact) mass is 390 g/mol. The Labute approximate surface area is 165 Å². The van der Waals surface area contributed by atoms with Crippen LogP contribution in [0.1, 0.15) is 32.8 Å². The van der Waals surface area contributed by atoms with E-state index in [1.807, 2.05) is 26.0 Å². The number of carbonyl (C=O) groups excluding carboxylic acids is 1. The van der Waals surface area contributed by atoms with Crippen LogP contribution in [0.4, 0.5) is 14.5 Å². The number of nitrogens with one attached hydrogen (secondary N) is 1. The van der Waals surface area contributed by atoms with Crippen molar-refractivity contribution in [3.63, 3.8) is 0 Å². The van der Waals surface area contributed by atoms with E-state index in [2.05, 4.69) is 15.2 Å². The third-order valence-corrected chi connectivity index (χ3v) is 4.43. The van der Waals surface area contributed by atoms with Gasteiger partial charge in [-0.2, -0.15) is 0 Å². The first-order valence-corrected chi connectivity index (χ1v) is 9.48. The van der Waals surface area contributed by atoms with E-state index in [-0.39, 0.29) is 5.56 Å². The number of halogens is 2. The molecule has 28 heavy (non-hydrogen) atoms. The van der Waals surface area contributed by atoms with Gasteiger partial charge in [0, 0.05) is 50.6 Å². The second-order valence-corrected chi connectivity index (χ2v) is 6.68. The maximum absolute atomic E-state index is 13.4. The minimum absolute atomic E-state index is 0.0214. The van der Waals surface area contributed by atoms with Crippen LogP contribution in [0.25, 0.3) is 0 Å². The number of amidine groups is 1. The number of piperazine rings is 1. The molecular weight excluding hydrogens is 362 g/mol. The van der Waals surface area contributed by atoms with Gasteiger partial charge in [-0.1, -0.05) is 31.2 Å². The Balaban J connectivity index is 2.25. The lowest BCUT2D eigenvalue weighted by atomic mass is 10.1. The van der Waals surface area contributed by atoms with Crippen molar-refractivity contribution in [3.8, 4) is 0 Å². The van der Waals surface area contributed by atoms with E-state index < -0.39 is 5.92 Å². The Morgan fingerprint density at radius 2 is 1.86 bits per heavy atom. The quantitative estimate of drug-likeness (QED) is 0.431. The molecule has 1 aromatic rings. The summed E-state index contributed by atoms with van der Waals surface area (Å²) in [6.07, 6.45) is 7.26. The van der Waals surface area contributed by atoms with Gasteiger partial charge in [-0.3, -0.25) is 4.79 Å². The van der Waals surface area contributed by atoms with E-state index in [0.29, 0.717) is 31.9 Å². The first kappa shape index (κ1) is 21.6. The van der Waals surface area contributed by atoms with Crippen molar-refractivity contribution in [1.82, 2.24) is 9.80 Å². The number of alkyl halides is 2. The summed E-state index contributed by atoms with van der Waals surface area (Å²) in [7, 11) is 0. The lowest BCUT2D eigenvalue weighted by Crippen LogP contribution is -2.49. The van der Waals surface area contributed by atoms with E-state index in [9.17, 15) is 13.6 Å². The van der Waals surface area contributed by atoms with Crippen LogP contribution in [0.2, 0.25) is 0 Å². The molecule has 1 aliphatic heterocycles. The average Bonchev–Trinajstić information content (AvgIpc) is 2.68. The van der Waals surface area contributed by atoms with Gasteiger partial charge in [-0.15, -0.1) is 0 Å². The van der Waals surface area contributed by atoms with Crippen molar-refractivity contribution in [3.05, 3.63) is 53.9 Å². The molecule has 1 aliphatic rings. The minimum Gasteiger partial charge on any atom is -0.353 e. The molecule has 0 radical (unpaired) electrons. The molecule has 2 rings (SSSR count). The van der Waals surface area contributed by atoms with Crippen LogP contribution in [0.5, 0.6) is 0 Å². The molecule has 0 aliphatic carbocycles. The summed E-state index contributed by atoms with van der Waals surface area (Å²) in [4.78, 5) is 19.4. The van der Waals surface area contributed by atoms with Crippen LogP contribution in [-0.2, 0) is 10.7 Å². The molecule has 1 amide bonds. The molecule has 0 bridgehead atoms. The van der Waals surface area contributed by atoms with Gasteiger partial charge in [0.05, 0.1) is 5.70 Å². The van der Waals surface area contributed by atoms with E-state index in [1.165, 1.54) is 12.1 Å². The SMILES string of the molecule is C\C=C/N=C(\C(=C\CC)Nc1ccc(C(C)(F)F)cc1)N1CCN(C=O)CC1. The van der Waals surface area contributed by atoms with Gasteiger partial charge in [-0.25, -0.2) is 13.8 Å². The number of hydrogen-bond acceptors (Lipinski definition) is 3. The fourth-order valence-corrected chi connectivity index (χ4v) is 2.91. The molecule has 1 aromatic carbocycles. The molecule has 0 atom stereocenters. The van der Waals surface area contributed by atoms with Crippen LogP contribution in [0.15, 0.2) is 53.3 Å². The summed E-state index contributed by atoms with van der Waals surface area (Å²) in [6, 6.07) is 6.15. The number of aliphatic imine (C=N–C) groups is 1. The summed E-state index contributed by atoms with van der Waals surface area (Å²) in [5, 5.41) is 3.32. The topological polar surface area (TPSA) is 47.9 Å². The number of benzene rings is 1. The first-order valence-electron chi connectivity index (χ1n) is 9.48. The number of allylic oxidation sites excluding steroid dienone is 2. The minimum atomic E-state index is -2.86. The van der Waals surface area contributed by atoms with E-state index in [4.69, 9.17) is 0 Å². The maximum atomic E-state index is 13.4. The van der Waals surface area contributed by atoms with Crippen molar-refractivity contribution in [2.45, 2.75) is 33.1 Å². The first-order chi connectivity index (χ1) is 13.4. The molecule has 0 saturated carbocycles. The van der Waals surface area contributed by atoms with Crippen LogP contribution < -0.4 is 5.32 Å². The maximum Gasteiger partial charge on any atom is 0.270 e. The summed E-state index contributed by atoms with van der Waals surface area (Å²) in [5.41, 5.74) is 1.51. The van der Waals surface area contributed by atoms with Crippen LogP contribution in [-0.4, -0.2) is 48.2 Å². The Hall–Kier alpha value is -2.70. The zero-order valence-corrected chi connectivity index (χ0v) is 16.7. The molecule has 7 heteroatoms. The van der Waals surface area contributed by atoms with Gasteiger partial charge in [0.2, 0.25) is 6.41 Å². The smallest absolute Gasteiger partial charge is 0.270 e. The Bertz CT molecular complexity index is 728. The van der Waals surface area contributed by atoms with Crippen molar-refractivity contribution in [2.75, 3.05) is 31.5 Å². The van der Waals surface area contributed by atoms with Crippen LogP contribution >= 0.6 is 0 Å². The number of amides is 1. The Morgan fingerprint density at radius 1 is 1.21 bits per heavy atom. The number of carbonyl (C=O) groups is 1. The largest absolute Gasteiger partial charge is 0.353 e. The number of rotatable bonds is 7. The van der Waals surface area contributed by atoms with E-state index >= 15 is 0 Å². The molecule has 1 saturated heterocycles. The van der Waals surface area contributed by atoms with Gasteiger partial charge in [0.25, 0.3) is 5.92 Å². The highest BCUT2D eigenvalue weighted by molar-refractivity contribution is 6.01. The highest BCUT2D eigenvalue weighted by atomic mass is 19.3. The zero-order chi connectivity index (χ0) is 20.6. The lowest BCUT2D eigenvalue weighted by molar-refractivity contribution is -0.119. The molecule has 5 nitrogen and oxygen atoms in total. The van der Waals surface area contributed by atoms with Gasteiger partial charge in [0.15, 0.2) is 5.84 Å². The zero-order valence-electron chi connectivity index (χ0n) is 16.7. The second kappa shape index (κ2) is 10.0. The van der Waals surface area contributed by atoms with Crippen molar-refractivity contribution < 1.29 is 13.6 Å². The fraction of sp³-hybridized carbons (Fsp3) is 0.429. The standard InChI is InChI=1S/C21H28F2N4O/c1-4-6-19(25-18-9-7-17(8-10-18)21(3,22)23)20(24-11-5-2)27-14-12-26(16-28)13-15-27/h5-11,16,25H,4,12-15H2,1-3H3/b11-5-,19-6-,24-20+.